The minimum atomic E-state index is -0.459. The van der Waals surface area contributed by atoms with Crippen molar-refractivity contribution in [2.45, 2.75) is 5.92 Å². The Morgan fingerprint density at radius 2 is 1.52 bits per heavy atom. The van der Waals surface area contributed by atoms with Gasteiger partial charge >= 0.3 is 0 Å². The summed E-state index contributed by atoms with van der Waals surface area (Å²) in [7, 11) is 0. The van der Waals surface area contributed by atoms with E-state index in [9.17, 15) is 4.79 Å². The maximum absolute atomic E-state index is 13.3. The monoisotopic (exact) mass is 444 g/mol. The van der Waals surface area contributed by atoms with E-state index in [0.717, 1.165) is 22.4 Å². The fourth-order valence-electron chi connectivity index (χ4n) is 3.52. The van der Waals surface area contributed by atoms with E-state index in [0.29, 0.717) is 9.98 Å². The summed E-state index contributed by atoms with van der Waals surface area (Å²) < 4.78 is 1.74. The molecule has 5 nitrogen and oxygen atoms in total. The number of hydrogen-bond acceptors (Lipinski definition) is 4. The molecule has 5 rings (SSSR count). The van der Waals surface area contributed by atoms with Gasteiger partial charge in [0.1, 0.15) is 0 Å². The molecular weight excluding hydrogens is 428 g/mol. The van der Waals surface area contributed by atoms with Crippen molar-refractivity contribution in [2.24, 2.45) is 0 Å². The molecule has 0 fully saturated rings. The Labute approximate surface area is 188 Å². The quantitative estimate of drug-likeness (QED) is 0.368. The molecule has 0 aliphatic rings. The first-order chi connectivity index (χ1) is 15.2. The number of thiazole rings is 1. The van der Waals surface area contributed by atoms with Gasteiger partial charge in [0.05, 0.1) is 11.6 Å². The van der Waals surface area contributed by atoms with Gasteiger partial charge in [-0.15, -0.1) is 16.4 Å². The van der Waals surface area contributed by atoms with Crippen LogP contribution in [0.15, 0.2) is 90.3 Å². The van der Waals surface area contributed by atoms with E-state index in [1.807, 2.05) is 90.3 Å². The summed E-state index contributed by atoms with van der Waals surface area (Å²) in [5, 5.41) is 10.1. The average Bonchev–Trinajstić information content (AvgIpc) is 3.36. The van der Waals surface area contributed by atoms with Crippen LogP contribution < -0.4 is 5.32 Å². The molecule has 0 saturated heterocycles. The van der Waals surface area contributed by atoms with Gasteiger partial charge in [-0.1, -0.05) is 84.4 Å². The van der Waals surface area contributed by atoms with Gasteiger partial charge < -0.3 is 0 Å². The number of benzene rings is 3. The molecular formula is C24H17ClN4OS. The molecule has 152 valence electrons. The molecule has 0 aliphatic carbocycles. The molecule has 0 bridgehead atoms. The minimum absolute atomic E-state index is 0.177. The van der Waals surface area contributed by atoms with Gasteiger partial charge in [-0.25, -0.2) is 4.52 Å². The molecule has 1 N–H and O–H groups in total. The van der Waals surface area contributed by atoms with E-state index in [-0.39, 0.29) is 11.9 Å². The van der Waals surface area contributed by atoms with Crippen LogP contribution in [0.4, 0.5) is 5.95 Å². The number of carbonyl (C=O) groups is 1. The predicted molar refractivity (Wildman–Crippen MR) is 125 cm³/mol. The zero-order valence-corrected chi connectivity index (χ0v) is 17.8. The maximum Gasteiger partial charge on any atom is 0.250 e. The maximum atomic E-state index is 13.3. The number of halogens is 1. The second-order valence-electron chi connectivity index (χ2n) is 7.00. The van der Waals surface area contributed by atoms with E-state index in [2.05, 4.69) is 15.4 Å². The van der Waals surface area contributed by atoms with Gasteiger partial charge in [0, 0.05) is 16.0 Å². The number of aromatic nitrogens is 3. The highest BCUT2D eigenvalue weighted by atomic mass is 35.5. The van der Waals surface area contributed by atoms with E-state index in [1.165, 1.54) is 11.3 Å². The van der Waals surface area contributed by atoms with Gasteiger partial charge in [0.2, 0.25) is 16.8 Å². The van der Waals surface area contributed by atoms with Crippen LogP contribution in [0, 0.1) is 0 Å². The lowest BCUT2D eigenvalue weighted by molar-refractivity contribution is -0.116. The van der Waals surface area contributed by atoms with Gasteiger partial charge in [0.15, 0.2) is 0 Å². The van der Waals surface area contributed by atoms with E-state index in [1.54, 1.807) is 4.52 Å². The normalized spacial score (nSPS) is 11.2. The fraction of sp³-hybridized carbons (Fsp3) is 0.0417. The third-order valence-electron chi connectivity index (χ3n) is 4.98. The first-order valence-corrected chi connectivity index (χ1v) is 11.0. The standard InChI is InChI=1S/C24H17ClN4OS/c25-19-13-11-16(12-14-19)20-15-31-24-27-23(28-29(20)24)26-22(30)21(17-7-3-1-4-8-17)18-9-5-2-6-10-18/h1-15,21H,(H,26,28,30). The van der Waals surface area contributed by atoms with Crippen molar-refractivity contribution >= 4 is 39.8 Å². The number of carbonyl (C=O) groups excluding carboxylic acids is 1. The van der Waals surface area contributed by atoms with Crippen molar-refractivity contribution in [1.29, 1.82) is 0 Å². The lowest BCUT2D eigenvalue weighted by atomic mass is 9.90. The van der Waals surface area contributed by atoms with E-state index >= 15 is 0 Å². The Morgan fingerprint density at radius 1 is 0.903 bits per heavy atom. The first kappa shape index (κ1) is 19.5. The van der Waals surface area contributed by atoms with E-state index < -0.39 is 5.92 Å². The third kappa shape index (κ3) is 3.95. The van der Waals surface area contributed by atoms with Crippen LogP contribution in [-0.4, -0.2) is 20.5 Å². The van der Waals surface area contributed by atoms with Crippen molar-refractivity contribution < 1.29 is 4.79 Å². The van der Waals surface area contributed by atoms with Crippen molar-refractivity contribution in [2.75, 3.05) is 5.32 Å². The summed E-state index contributed by atoms with van der Waals surface area (Å²) in [4.78, 5) is 18.5. The smallest absolute Gasteiger partial charge is 0.250 e. The molecule has 0 spiro atoms. The summed E-state index contributed by atoms with van der Waals surface area (Å²) in [5.74, 6) is -0.354. The van der Waals surface area contributed by atoms with Gasteiger partial charge in [-0.2, -0.15) is 4.98 Å². The number of nitrogens with zero attached hydrogens (tertiary/aromatic N) is 3. The molecule has 0 saturated carbocycles. The molecule has 2 heterocycles. The molecule has 0 aliphatic heterocycles. The number of fused-ring (bicyclic) bond motifs is 1. The van der Waals surface area contributed by atoms with Crippen LogP contribution in [0.5, 0.6) is 0 Å². The van der Waals surface area contributed by atoms with Crippen molar-refractivity contribution in [3.05, 3.63) is 106 Å². The number of hydrogen-bond donors (Lipinski definition) is 1. The molecule has 0 unspecified atom stereocenters. The van der Waals surface area contributed by atoms with Gasteiger partial charge in [-0.05, 0) is 23.3 Å². The SMILES string of the molecule is O=C(Nc1nc2scc(-c3ccc(Cl)cc3)n2n1)C(c1ccccc1)c1ccccc1. The highest BCUT2D eigenvalue weighted by molar-refractivity contribution is 7.15. The lowest BCUT2D eigenvalue weighted by Crippen LogP contribution is -2.22. The Balaban J connectivity index is 1.47. The topological polar surface area (TPSA) is 59.3 Å². The largest absolute Gasteiger partial charge is 0.292 e. The van der Waals surface area contributed by atoms with Crippen LogP contribution in [0.1, 0.15) is 17.0 Å². The zero-order chi connectivity index (χ0) is 21.2. The molecule has 0 atom stereocenters. The Bertz CT molecular complexity index is 1290. The van der Waals surface area contributed by atoms with Crippen LogP contribution in [0.3, 0.4) is 0 Å². The Hall–Kier alpha value is -3.48. The fourth-order valence-corrected chi connectivity index (χ4v) is 4.48. The summed E-state index contributed by atoms with van der Waals surface area (Å²) in [6.07, 6.45) is 0. The average molecular weight is 445 g/mol. The summed E-state index contributed by atoms with van der Waals surface area (Å²) in [6.45, 7) is 0. The van der Waals surface area contributed by atoms with Crippen LogP contribution in [0.2, 0.25) is 5.02 Å². The van der Waals surface area contributed by atoms with Crippen molar-refractivity contribution in [1.82, 2.24) is 14.6 Å². The highest BCUT2D eigenvalue weighted by Crippen LogP contribution is 2.29. The second-order valence-corrected chi connectivity index (χ2v) is 8.27. The number of anilines is 1. The third-order valence-corrected chi connectivity index (χ3v) is 6.05. The van der Waals surface area contributed by atoms with Crippen LogP contribution in [-0.2, 0) is 4.79 Å². The molecule has 2 aromatic heterocycles. The summed E-state index contributed by atoms with van der Waals surface area (Å²) in [5.41, 5.74) is 3.69. The predicted octanol–water partition coefficient (Wildman–Crippen LogP) is 5.88. The highest BCUT2D eigenvalue weighted by Gasteiger charge is 2.24. The van der Waals surface area contributed by atoms with Crippen molar-refractivity contribution in [3.63, 3.8) is 0 Å². The number of amides is 1. The number of rotatable bonds is 5. The van der Waals surface area contributed by atoms with Gasteiger partial charge in [0.25, 0.3) is 0 Å². The second kappa shape index (κ2) is 8.34. The molecule has 31 heavy (non-hydrogen) atoms. The molecule has 7 heteroatoms. The Morgan fingerprint density at radius 3 is 2.13 bits per heavy atom. The summed E-state index contributed by atoms with van der Waals surface area (Å²) in [6, 6.07) is 27.0. The molecule has 3 aromatic carbocycles. The molecule has 1 amide bonds. The van der Waals surface area contributed by atoms with E-state index in [4.69, 9.17) is 11.6 Å². The minimum Gasteiger partial charge on any atom is -0.292 e. The van der Waals surface area contributed by atoms with Gasteiger partial charge in [-0.3, -0.25) is 10.1 Å². The Kier molecular flexibility index (Phi) is 5.24. The van der Waals surface area contributed by atoms with Crippen molar-refractivity contribution in [3.8, 4) is 11.3 Å². The summed E-state index contributed by atoms with van der Waals surface area (Å²) >= 11 is 7.47. The zero-order valence-electron chi connectivity index (χ0n) is 16.3. The molecule has 0 radical (unpaired) electrons. The lowest BCUT2D eigenvalue weighted by Gasteiger charge is -2.16. The van der Waals surface area contributed by atoms with Crippen LogP contribution in [0.25, 0.3) is 16.2 Å². The number of nitrogens with one attached hydrogen (secondary N) is 1. The first-order valence-electron chi connectivity index (χ1n) is 9.70. The molecule has 5 aromatic rings. The van der Waals surface area contributed by atoms with Crippen LogP contribution >= 0.6 is 22.9 Å².